The first-order chi connectivity index (χ1) is 7.83. The van der Waals surface area contributed by atoms with E-state index in [1.54, 1.807) is 6.33 Å². The van der Waals surface area contributed by atoms with Crippen LogP contribution >= 0.6 is 0 Å². The Labute approximate surface area is 95.5 Å². The van der Waals surface area contributed by atoms with Crippen LogP contribution in [0.2, 0.25) is 0 Å². The quantitative estimate of drug-likeness (QED) is 0.853. The lowest BCUT2D eigenvalue weighted by atomic mass is 10.0. The van der Waals surface area contributed by atoms with Gasteiger partial charge in [0.15, 0.2) is 0 Å². The molecule has 0 saturated carbocycles. The maximum absolute atomic E-state index is 5.78. The van der Waals surface area contributed by atoms with Crippen LogP contribution in [0.5, 0.6) is 0 Å². The van der Waals surface area contributed by atoms with Crippen LogP contribution in [0.15, 0.2) is 36.8 Å². The Bertz CT molecular complexity index is 437. The number of aromatic nitrogens is 2. The number of hydrogen-bond acceptors (Lipinski definition) is 2. The van der Waals surface area contributed by atoms with Crippen molar-refractivity contribution in [1.29, 1.82) is 0 Å². The fraction of sp³-hybridized carbons (Fsp3) is 0.308. The van der Waals surface area contributed by atoms with Gasteiger partial charge >= 0.3 is 0 Å². The van der Waals surface area contributed by atoms with Gasteiger partial charge in [0.1, 0.15) is 6.10 Å². The highest BCUT2D eigenvalue weighted by Gasteiger charge is 2.16. The van der Waals surface area contributed by atoms with E-state index in [2.05, 4.69) is 29.0 Å². The van der Waals surface area contributed by atoms with E-state index < -0.39 is 0 Å². The number of ether oxygens (including phenoxy) is 1. The normalized spacial score (nSPS) is 12.6. The maximum Gasteiger partial charge on any atom is 0.124 e. The predicted octanol–water partition coefficient (Wildman–Crippen LogP) is 2.84. The zero-order valence-corrected chi connectivity index (χ0v) is 9.60. The van der Waals surface area contributed by atoms with Crippen molar-refractivity contribution in [2.24, 2.45) is 0 Å². The van der Waals surface area contributed by atoms with Gasteiger partial charge in [0.25, 0.3) is 0 Å². The molecule has 1 unspecified atom stereocenters. The summed E-state index contributed by atoms with van der Waals surface area (Å²) in [6, 6.07) is 8.26. The topological polar surface area (TPSA) is 37.9 Å². The summed E-state index contributed by atoms with van der Waals surface area (Å²) in [6.07, 6.45) is 3.44. The van der Waals surface area contributed by atoms with E-state index in [4.69, 9.17) is 4.74 Å². The highest BCUT2D eigenvalue weighted by atomic mass is 16.5. The summed E-state index contributed by atoms with van der Waals surface area (Å²) >= 11 is 0. The van der Waals surface area contributed by atoms with Crippen molar-refractivity contribution in [2.45, 2.75) is 20.0 Å². The summed E-state index contributed by atoms with van der Waals surface area (Å²) in [4.78, 5) is 7.16. The number of benzene rings is 1. The molecule has 84 valence electrons. The minimum Gasteiger partial charge on any atom is -0.367 e. The fourth-order valence-electron chi connectivity index (χ4n) is 1.80. The molecular weight excluding hydrogens is 200 g/mol. The second kappa shape index (κ2) is 4.94. The molecule has 1 N–H and O–H groups in total. The molecule has 0 radical (unpaired) electrons. The third-order valence-corrected chi connectivity index (χ3v) is 2.61. The molecule has 2 aromatic rings. The van der Waals surface area contributed by atoms with Gasteiger partial charge in [-0.15, -0.1) is 0 Å². The van der Waals surface area contributed by atoms with Gasteiger partial charge in [-0.05, 0) is 25.0 Å². The Kier molecular flexibility index (Phi) is 3.37. The second-order valence-corrected chi connectivity index (χ2v) is 3.70. The summed E-state index contributed by atoms with van der Waals surface area (Å²) in [5.41, 5.74) is 3.42. The number of nitrogens with one attached hydrogen (secondary N) is 1. The third-order valence-electron chi connectivity index (χ3n) is 2.61. The first kappa shape index (κ1) is 10.9. The van der Waals surface area contributed by atoms with Crippen LogP contribution in [0.25, 0.3) is 0 Å². The van der Waals surface area contributed by atoms with E-state index in [1.165, 1.54) is 11.1 Å². The lowest BCUT2D eigenvalue weighted by molar-refractivity contribution is 0.0882. The fourth-order valence-corrected chi connectivity index (χ4v) is 1.80. The molecule has 0 bridgehead atoms. The smallest absolute Gasteiger partial charge is 0.124 e. The zero-order valence-electron chi connectivity index (χ0n) is 9.60. The molecule has 1 heterocycles. The minimum atomic E-state index is -0.0475. The summed E-state index contributed by atoms with van der Waals surface area (Å²) in [5.74, 6) is 0. The van der Waals surface area contributed by atoms with Crippen molar-refractivity contribution >= 4 is 0 Å². The molecule has 0 aliphatic rings. The number of nitrogens with zero attached hydrogens (tertiary/aromatic N) is 1. The number of hydrogen-bond donors (Lipinski definition) is 1. The zero-order chi connectivity index (χ0) is 11.4. The van der Waals surface area contributed by atoms with Crippen molar-refractivity contribution in [3.63, 3.8) is 0 Å². The van der Waals surface area contributed by atoms with Crippen LogP contribution in [0.1, 0.15) is 29.8 Å². The number of aromatic amines is 1. The molecule has 1 aromatic heterocycles. The van der Waals surface area contributed by atoms with Gasteiger partial charge in [-0.25, -0.2) is 4.98 Å². The Morgan fingerprint density at radius 3 is 2.81 bits per heavy atom. The SMILES string of the molecule is CCOC(c1cnc[nH]1)c1ccccc1C. The van der Waals surface area contributed by atoms with Crippen LogP contribution in [-0.2, 0) is 4.74 Å². The summed E-state index contributed by atoms with van der Waals surface area (Å²) in [6.45, 7) is 4.78. The van der Waals surface area contributed by atoms with Crippen LogP contribution < -0.4 is 0 Å². The van der Waals surface area contributed by atoms with E-state index >= 15 is 0 Å². The van der Waals surface area contributed by atoms with Crippen molar-refractivity contribution in [3.05, 3.63) is 53.6 Å². The number of imidazole rings is 1. The Hall–Kier alpha value is -1.61. The van der Waals surface area contributed by atoms with Crippen LogP contribution in [0, 0.1) is 6.92 Å². The number of aryl methyl sites for hydroxylation is 1. The van der Waals surface area contributed by atoms with E-state index in [0.29, 0.717) is 6.61 Å². The molecule has 0 aliphatic carbocycles. The minimum absolute atomic E-state index is 0.0475. The molecule has 3 nitrogen and oxygen atoms in total. The van der Waals surface area contributed by atoms with E-state index in [1.807, 2.05) is 25.3 Å². The van der Waals surface area contributed by atoms with Gasteiger partial charge in [0, 0.05) is 6.61 Å². The molecule has 0 aliphatic heterocycles. The second-order valence-electron chi connectivity index (χ2n) is 3.70. The summed E-state index contributed by atoms with van der Waals surface area (Å²) in [5, 5.41) is 0. The van der Waals surface area contributed by atoms with Gasteiger partial charge in [-0.1, -0.05) is 24.3 Å². The van der Waals surface area contributed by atoms with Crippen LogP contribution in [-0.4, -0.2) is 16.6 Å². The van der Waals surface area contributed by atoms with Gasteiger partial charge in [0.2, 0.25) is 0 Å². The van der Waals surface area contributed by atoms with Gasteiger partial charge < -0.3 is 9.72 Å². The number of H-pyrrole nitrogens is 1. The largest absolute Gasteiger partial charge is 0.367 e. The standard InChI is InChI=1S/C13H16N2O/c1-3-16-13(12-8-14-9-15-12)11-7-5-4-6-10(11)2/h4-9,13H,3H2,1-2H3,(H,14,15). The van der Waals surface area contributed by atoms with Crippen molar-refractivity contribution in [3.8, 4) is 0 Å². The van der Waals surface area contributed by atoms with Crippen molar-refractivity contribution in [2.75, 3.05) is 6.61 Å². The first-order valence-electron chi connectivity index (χ1n) is 5.48. The molecule has 0 fully saturated rings. The Morgan fingerprint density at radius 1 is 1.38 bits per heavy atom. The molecule has 1 aromatic carbocycles. The molecule has 16 heavy (non-hydrogen) atoms. The monoisotopic (exact) mass is 216 g/mol. The first-order valence-corrected chi connectivity index (χ1v) is 5.48. The maximum atomic E-state index is 5.78. The average molecular weight is 216 g/mol. The average Bonchev–Trinajstić information content (AvgIpc) is 2.80. The highest BCUT2D eigenvalue weighted by Crippen LogP contribution is 2.26. The van der Waals surface area contributed by atoms with Gasteiger partial charge in [-0.2, -0.15) is 0 Å². The van der Waals surface area contributed by atoms with Crippen molar-refractivity contribution < 1.29 is 4.74 Å². The summed E-state index contributed by atoms with van der Waals surface area (Å²) in [7, 11) is 0. The lowest BCUT2D eigenvalue weighted by Gasteiger charge is -2.17. The van der Waals surface area contributed by atoms with E-state index in [0.717, 1.165) is 5.69 Å². The molecule has 0 amide bonds. The van der Waals surface area contributed by atoms with Gasteiger partial charge in [0.05, 0.1) is 18.2 Å². The summed E-state index contributed by atoms with van der Waals surface area (Å²) < 4.78 is 5.78. The number of rotatable bonds is 4. The predicted molar refractivity (Wildman–Crippen MR) is 63.2 cm³/mol. The highest BCUT2D eigenvalue weighted by molar-refractivity contribution is 5.32. The molecule has 0 spiro atoms. The molecule has 0 saturated heterocycles. The third kappa shape index (κ3) is 2.14. The van der Waals surface area contributed by atoms with Gasteiger partial charge in [-0.3, -0.25) is 0 Å². The molecule has 3 heteroatoms. The Balaban J connectivity index is 2.37. The molecule has 2 rings (SSSR count). The lowest BCUT2D eigenvalue weighted by Crippen LogP contribution is -2.08. The van der Waals surface area contributed by atoms with E-state index in [-0.39, 0.29) is 6.10 Å². The van der Waals surface area contributed by atoms with Crippen molar-refractivity contribution in [1.82, 2.24) is 9.97 Å². The van der Waals surface area contributed by atoms with E-state index in [9.17, 15) is 0 Å². The van der Waals surface area contributed by atoms with Crippen LogP contribution in [0.4, 0.5) is 0 Å². The molecule has 1 atom stereocenters. The van der Waals surface area contributed by atoms with Crippen LogP contribution in [0.3, 0.4) is 0 Å². The Morgan fingerprint density at radius 2 is 2.19 bits per heavy atom. The molecular formula is C13H16N2O.